The summed E-state index contributed by atoms with van der Waals surface area (Å²) in [6.45, 7) is 3.47. The van der Waals surface area contributed by atoms with Crippen LogP contribution in [0.4, 0.5) is 5.69 Å². The summed E-state index contributed by atoms with van der Waals surface area (Å²) >= 11 is 5.89. The summed E-state index contributed by atoms with van der Waals surface area (Å²) < 4.78 is 32.1. The number of nitrogen functional groups attached to an aromatic ring is 1. The largest absolute Gasteiger partial charge is 0.444 e. The van der Waals surface area contributed by atoms with Crippen LogP contribution in [0.25, 0.3) is 0 Å². The topological polar surface area (TPSA) is 98.2 Å². The van der Waals surface area contributed by atoms with Crippen molar-refractivity contribution in [3.63, 3.8) is 0 Å². The second-order valence-corrected chi connectivity index (χ2v) is 6.34. The molecule has 8 heteroatoms. The van der Waals surface area contributed by atoms with Crippen molar-refractivity contribution < 1.29 is 12.8 Å². The lowest BCUT2D eigenvalue weighted by atomic mass is 10.3. The number of anilines is 1. The number of hydrogen-bond donors (Lipinski definition) is 2. The molecule has 1 heterocycles. The third-order valence-electron chi connectivity index (χ3n) is 2.75. The van der Waals surface area contributed by atoms with E-state index in [1.54, 1.807) is 19.9 Å². The Balaban J connectivity index is 2.24. The summed E-state index contributed by atoms with van der Waals surface area (Å²) in [6, 6.07) is 4.52. The van der Waals surface area contributed by atoms with Gasteiger partial charge in [0.15, 0.2) is 0 Å². The second kappa shape index (κ2) is 5.43. The van der Waals surface area contributed by atoms with Crippen LogP contribution in [0.15, 0.2) is 27.5 Å². The van der Waals surface area contributed by atoms with Crippen molar-refractivity contribution in [2.24, 2.45) is 0 Å². The maximum atomic E-state index is 12.2. The minimum Gasteiger partial charge on any atom is -0.444 e. The Morgan fingerprint density at radius 1 is 1.40 bits per heavy atom. The minimum absolute atomic E-state index is 0.0669. The average molecular weight is 316 g/mol. The van der Waals surface area contributed by atoms with Gasteiger partial charge in [-0.15, -0.1) is 0 Å². The molecule has 0 bridgehead atoms. The van der Waals surface area contributed by atoms with Crippen LogP contribution in [0, 0.1) is 13.8 Å². The highest BCUT2D eigenvalue weighted by Crippen LogP contribution is 2.26. The molecule has 0 saturated heterocycles. The van der Waals surface area contributed by atoms with E-state index in [2.05, 4.69) is 9.71 Å². The Morgan fingerprint density at radius 3 is 2.65 bits per heavy atom. The molecule has 1 aromatic heterocycles. The summed E-state index contributed by atoms with van der Waals surface area (Å²) in [4.78, 5) is 3.96. The van der Waals surface area contributed by atoms with E-state index in [1.165, 1.54) is 12.1 Å². The van der Waals surface area contributed by atoms with Crippen molar-refractivity contribution in [1.29, 1.82) is 0 Å². The molecule has 0 atom stereocenters. The van der Waals surface area contributed by atoms with Gasteiger partial charge < -0.3 is 10.2 Å². The number of halogens is 1. The van der Waals surface area contributed by atoms with Gasteiger partial charge in [-0.25, -0.2) is 18.1 Å². The maximum absolute atomic E-state index is 12.2. The van der Waals surface area contributed by atoms with Gasteiger partial charge in [0.2, 0.25) is 15.9 Å². The average Bonchev–Trinajstić information content (AvgIpc) is 2.66. The van der Waals surface area contributed by atoms with Crippen LogP contribution >= 0.6 is 11.6 Å². The molecule has 2 rings (SSSR count). The Hall–Kier alpha value is -1.57. The van der Waals surface area contributed by atoms with Crippen molar-refractivity contribution in [2.75, 3.05) is 5.73 Å². The van der Waals surface area contributed by atoms with Crippen molar-refractivity contribution in [1.82, 2.24) is 9.71 Å². The van der Waals surface area contributed by atoms with Crippen LogP contribution in [0.5, 0.6) is 0 Å². The Bertz CT molecular complexity index is 701. The molecule has 0 aliphatic carbocycles. The van der Waals surface area contributed by atoms with Gasteiger partial charge in [-0.1, -0.05) is 17.7 Å². The summed E-state index contributed by atoms with van der Waals surface area (Å²) in [5.41, 5.74) is 6.47. The zero-order valence-corrected chi connectivity index (χ0v) is 12.5. The number of aromatic nitrogens is 1. The molecule has 1 aromatic carbocycles. The number of benzene rings is 1. The molecule has 0 radical (unpaired) electrons. The number of nitrogens with one attached hydrogen (secondary N) is 1. The lowest BCUT2D eigenvalue weighted by Crippen LogP contribution is -2.24. The van der Waals surface area contributed by atoms with E-state index in [1.807, 2.05) is 0 Å². The summed E-state index contributed by atoms with van der Waals surface area (Å²) in [6.07, 6.45) is 0. The van der Waals surface area contributed by atoms with Crippen LogP contribution < -0.4 is 10.5 Å². The van der Waals surface area contributed by atoms with Crippen LogP contribution in [-0.2, 0) is 16.6 Å². The van der Waals surface area contributed by atoms with Gasteiger partial charge in [0.1, 0.15) is 10.7 Å². The van der Waals surface area contributed by atoms with E-state index in [-0.39, 0.29) is 28.0 Å². The standard InChI is InChI=1S/C12H14ClN3O3S/c1-7-8(2)19-11(16-7)6-15-20(17,18)12-9(13)4-3-5-10(12)14/h3-5,15H,6,14H2,1-2H3. The highest BCUT2D eigenvalue weighted by Gasteiger charge is 2.21. The fourth-order valence-electron chi connectivity index (χ4n) is 1.65. The molecule has 6 nitrogen and oxygen atoms in total. The summed E-state index contributed by atoms with van der Waals surface area (Å²) in [5.74, 6) is 0.936. The van der Waals surface area contributed by atoms with Gasteiger partial charge in [-0.2, -0.15) is 0 Å². The van der Waals surface area contributed by atoms with Gasteiger partial charge >= 0.3 is 0 Å². The Morgan fingerprint density at radius 2 is 2.10 bits per heavy atom. The molecule has 0 aliphatic rings. The van der Waals surface area contributed by atoms with E-state index in [4.69, 9.17) is 21.8 Å². The molecule has 3 N–H and O–H groups in total. The number of nitrogens with two attached hydrogens (primary N) is 1. The van der Waals surface area contributed by atoms with E-state index in [0.29, 0.717) is 5.76 Å². The predicted molar refractivity (Wildman–Crippen MR) is 75.9 cm³/mol. The van der Waals surface area contributed by atoms with Crippen molar-refractivity contribution in [3.05, 3.63) is 40.6 Å². The number of sulfonamides is 1. The molecule has 0 fully saturated rings. The summed E-state index contributed by atoms with van der Waals surface area (Å²) in [7, 11) is -3.83. The van der Waals surface area contributed by atoms with Gasteiger partial charge in [-0.3, -0.25) is 0 Å². The molecule has 0 spiro atoms. The van der Waals surface area contributed by atoms with Crippen molar-refractivity contribution in [2.45, 2.75) is 25.3 Å². The third kappa shape index (κ3) is 2.95. The summed E-state index contributed by atoms with van der Waals surface area (Å²) in [5, 5.41) is 0.0669. The van der Waals surface area contributed by atoms with E-state index >= 15 is 0 Å². The van der Waals surface area contributed by atoms with Gasteiger partial charge in [0, 0.05) is 0 Å². The number of aryl methyl sites for hydroxylation is 2. The van der Waals surface area contributed by atoms with Crippen LogP contribution in [0.3, 0.4) is 0 Å². The maximum Gasteiger partial charge on any atom is 0.244 e. The van der Waals surface area contributed by atoms with E-state index < -0.39 is 10.0 Å². The molecule has 20 heavy (non-hydrogen) atoms. The zero-order chi connectivity index (χ0) is 14.9. The Kier molecular flexibility index (Phi) is 4.03. The van der Waals surface area contributed by atoms with Crippen molar-refractivity contribution in [3.8, 4) is 0 Å². The second-order valence-electron chi connectivity index (χ2n) is 4.23. The molecule has 0 unspecified atom stereocenters. The smallest absolute Gasteiger partial charge is 0.244 e. The molecule has 0 saturated carbocycles. The minimum atomic E-state index is -3.83. The number of oxazole rings is 1. The molecule has 2 aromatic rings. The molecular formula is C12H14ClN3O3S. The molecule has 108 valence electrons. The highest BCUT2D eigenvalue weighted by molar-refractivity contribution is 7.89. The van der Waals surface area contributed by atoms with Crippen LogP contribution in [-0.4, -0.2) is 13.4 Å². The SMILES string of the molecule is Cc1nc(CNS(=O)(=O)c2c(N)cccc2Cl)oc1C. The van der Waals surface area contributed by atoms with E-state index in [9.17, 15) is 8.42 Å². The number of hydrogen-bond acceptors (Lipinski definition) is 5. The first kappa shape index (κ1) is 14.8. The van der Waals surface area contributed by atoms with Gasteiger partial charge in [0.25, 0.3) is 0 Å². The normalized spacial score (nSPS) is 11.8. The first-order valence-corrected chi connectivity index (χ1v) is 7.64. The number of nitrogens with zero attached hydrogens (tertiary/aromatic N) is 1. The Labute approximate surface area is 122 Å². The highest BCUT2D eigenvalue weighted by atomic mass is 35.5. The van der Waals surface area contributed by atoms with Gasteiger partial charge in [0.05, 0.1) is 22.9 Å². The van der Waals surface area contributed by atoms with Gasteiger partial charge in [-0.05, 0) is 26.0 Å². The molecule has 0 amide bonds. The quantitative estimate of drug-likeness (QED) is 0.841. The first-order chi connectivity index (χ1) is 9.31. The lowest BCUT2D eigenvalue weighted by molar-refractivity contribution is 0.463. The fourth-order valence-corrected chi connectivity index (χ4v) is 3.30. The molecule has 0 aliphatic heterocycles. The molecular weight excluding hydrogens is 302 g/mol. The van der Waals surface area contributed by atoms with Crippen LogP contribution in [0.2, 0.25) is 5.02 Å². The predicted octanol–water partition coefficient (Wildman–Crippen LogP) is 2.01. The monoisotopic (exact) mass is 315 g/mol. The van der Waals surface area contributed by atoms with E-state index in [0.717, 1.165) is 5.69 Å². The fraction of sp³-hybridized carbons (Fsp3) is 0.250. The first-order valence-electron chi connectivity index (χ1n) is 5.78. The third-order valence-corrected chi connectivity index (χ3v) is 4.70. The lowest BCUT2D eigenvalue weighted by Gasteiger charge is -2.09. The van der Waals surface area contributed by atoms with Crippen molar-refractivity contribution >= 4 is 27.3 Å². The zero-order valence-electron chi connectivity index (χ0n) is 11.0. The van der Waals surface area contributed by atoms with Crippen LogP contribution in [0.1, 0.15) is 17.3 Å². The number of rotatable bonds is 4.